The van der Waals surface area contributed by atoms with Gasteiger partial charge in [-0.15, -0.1) is 11.3 Å². The summed E-state index contributed by atoms with van der Waals surface area (Å²) in [7, 11) is 0. The number of piperidine rings is 1. The van der Waals surface area contributed by atoms with E-state index in [0.717, 1.165) is 73.2 Å². The number of rotatable bonds is 4. The van der Waals surface area contributed by atoms with Gasteiger partial charge in [-0.1, -0.05) is 30.3 Å². The number of fused-ring (bicyclic) bond motifs is 1. The summed E-state index contributed by atoms with van der Waals surface area (Å²) in [5, 5.41) is 0. The first-order chi connectivity index (χ1) is 15.6. The smallest absolute Gasteiger partial charge is 0.265 e. The number of hydrogen-bond donors (Lipinski definition) is 0. The Kier molecular flexibility index (Phi) is 5.91. The van der Waals surface area contributed by atoms with Gasteiger partial charge in [0.05, 0.1) is 11.2 Å². The zero-order valence-corrected chi connectivity index (χ0v) is 19.6. The fraction of sp³-hybridized carbons (Fsp3) is 0.440. The highest BCUT2D eigenvalue weighted by Crippen LogP contribution is 2.33. The minimum Gasteiger partial charge on any atom is -0.352 e. The summed E-state index contributed by atoms with van der Waals surface area (Å²) in [6.45, 7) is 7.36. The average molecular weight is 448 g/mol. The maximum Gasteiger partial charge on any atom is 0.265 e. The molecule has 0 N–H and O–H groups in total. The standard InChI is InChI=1S/C25H29N5OS/c1-17-21-11-7-12-29(14-19-8-4-3-5-9-19)24(21)28-23(27-17)20-10-6-13-30(15-20)25(31)22-18(2)26-16-32-22/h3-5,8-9,16,20H,6-7,10-15H2,1-2H3/t20-/m1/s1. The van der Waals surface area contributed by atoms with Crippen LogP contribution in [0.25, 0.3) is 0 Å². The summed E-state index contributed by atoms with van der Waals surface area (Å²) in [6, 6.07) is 10.6. The van der Waals surface area contributed by atoms with Gasteiger partial charge in [-0.2, -0.15) is 0 Å². The van der Waals surface area contributed by atoms with Crippen LogP contribution in [-0.2, 0) is 13.0 Å². The van der Waals surface area contributed by atoms with Gasteiger partial charge in [-0.05, 0) is 45.1 Å². The molecule has 0 spiro atoms. The summed E-state index contributed by atoms with van der Waals surface area (Å²) in [4.78, 5) is 32.5. The lowest BCUT2D eigenvalue weighted by Crippen LogP contribution is -2.40. The van der Waals surface area contributed by atoms with Crippen molar-refractivity contribution in [3.8, 4) is 0 Å². The minimum absolute atomic E-state index is 0.0927. The van der Waals surface area contributed by atoms with Crippen LogP contribution in [-0.4, -0.2) is 45.4 Å². The van der Waals surface area contributed by atoms with Crippen molar-refractivity contribution in [1.82, 2.24) is 19.9 Å². The lowest BCUT2D eigenvalue weighted by Gasteiger charge is -2.34. The quantitative estimate of drug-likeness (QED) is 0.588. The number of aromatic nitrogens is 3. The number of amides is 1. The van der Waals surface area contributed by atoms with Gasteiger partial charge in [0.1, 0.15) is 16.5 Å². The SMILES string of the molecule is Cc1ncsc1C(=O)N1CCC[C@@H](c2nc(C)c3c(n2)N(Cc2ccccc2)CCC3)C1. The molecule has 0 bridgehead atoms. The van der Waals surface area contributed by atoms with E-state index >= 15 is 0 Å². The molecule has 2 aliphatic heterocycles. The Bertz CT molecular complexity index is 1110. The predicted octanol–water partition coefficient (Wildman–Crippen LogP) is 4.52. The Morgan fingerprint density at radius 2 is 1.94 bits per heavy atom. The molecule has 2 aliphatic rings. The molecule has 6 nitrogen and oxygen atoms in total. The summed E-state index contributed by atoms with van der Waals surface area (Å²) in [5.41, 5.74) is 6.23. The molecule has 166 valence electrons. The molecule has 2 aromatic heterocycles. The van der Waals surface area contributed by atoms with E-state index in [9.17, 15) is 4.79 Å². The molecule has 5 rings (SSSR count). The van der Waals surface area contributed by atoms with E-state index in [0.29, 0.717) is 6.54 Å². The van der Waals surface area contributed by atoms with Crippen molar-refractivity contribution in [2.75, 3.05) is 24.5 Å². The third-order valence-corrected chi connectivity index (χ3v) is 7.51. The van der Waals surface area contributed by atoms with Crippen LogP contribution in [0.15, 0.2) is 35.8 Å². The molecule has 1 atom stereocenters. The summed E-state index contributed by atoms with van der Waals surface area (Å²) < 4.78 is 0. The van der Waals surface area contributed by atoms with Crippen molar-refractivity contribution >= 4 is 23.1 Å². The Labute approximate surface area is 193 Å². The summed E-state index contributed by atoms with van der Waals surface area (Å²) in [6.07, 6.45) is 4.15. The van der Waals surface area contributed by atoms with Crippen molar-refractivity contribution in [2.24, 2.45) is 0 Å². The van der Waals surface area contributed by atoms with Crippen molar-refractivity contribution in [2.45, 2.75) is 52.0 Å². The van der Waals surface area contributed by atoms with E-state index < -0.39 is 0 Å². The molecule has 1 aromatic carbocycles. The second-order valence-electron chi connectivity index (χ2n) is 8.84. The molecule has 7 heteroatoms. The van der Waals surface area contributed by atoms with Crippen molar-refractivity contribution in [3.05, 3.63) is 69.1 Å². The van der Waals surface area contributed by atoms with Crippen LogP contribution in [0.5, 0.6) is 0 Å². The van der Waals surface area contributed by atoms with Crippen LogP contribution in [0.2, 0.25) is 0 Å². The third kappa shape index (κ3) is 4.13. The average Bonchev–Trinajstić information content (AvgIpc) is 3.25. The molecule has 0 aliphatic carbocycles. The first-order valence-corrected chi connectivity index (χ1v) is 12.3. The largest absolute Gasteiger partial charge is 0.352 e. The molecule has 1 amide bonds. The lowest BCUT2D eigenvalue weighted by atomic mass is 9.95. The van der Waals surface area contributed by atoms with E-state index in [-0.39, 0.29) is 11.8 Å². The van der Waals surface area contributed by atoms with E-state index in [1.54, 1.807) is 5.51 Å². The third-order valence-electron chi connectivity index (χ3n) is 6.59. The van der Waals surface area contributed by atoms with Crippen LogP contribution >= 0.6 is 11.3 Å². The number of carbonyl (C=O) groups excluding carboxylic acids is 1. The summed E-state index contributed by atoms with van der Waals surface area (Å²) in [5.74, 6) is 2.24. The van der Waals surface area contributed by atoms with Gasteiger partial charge in [-0.3, -0.25) is 4.79 Å². The molecule has 0 saturated carbocycles. The molecule has 0 unspecified atom stereocenters. The molecule has 3 aromatic rings. The van der Waals surface area contributed by atoms with Crippen LogP contribution < -0.4 is 4.90 Å². The van der Waals surface area contributed by atoms with Gasteiger partial charge in [0.25, 0.3) is 5.91 Å². The van der Waals surface area contributed by atoms with E-state index in [2.05, 4.69) is 47.1 Å². The van der Waals surface area contributed by atoms with Gasteiger partial charge in [0.15, 0.2) is 0 Å². The number of carbonyl (C=O) groups is 1. The highest BCUT2D eigenvalue weighted by Gasteiger charge is 2.30. The topological polar surface area (TPSA) is 62.2 Å². The lowest BCUT2D eigenvalue weighted by molar-refractivity contribution is 0.0708. The number of aryl methyl sites for hydroxylation is 2. The minimum atomic E-state index is 0.0927. The fourth-order valence-electron chi connectivity index (χ4n) is 4.87. The molecule has 4 heterocycles. The number of hydrogen-bond acceptors (Lipinski definition) is 6. The van der Waals surface area contributed by atoms with Gasteiger partial charge in [0.2, 0.25) is 0 Å². The number of benzene rings is 1. The number of thiazole rings is 1. The van der Waals surface area contributed by atoms with E-state index in [1.165, 1.54) is 22.5 Å². The van der Waals surface area contributed by atoms with Crippen LogP contribution in [0.1, 0.15) is 63.2 Å². The zero-order chi connectivity index (χ0) is 22.1. The molecular weight excluding hydrogens is 418 g/mol. The Balaban J connectivity index is 1.40. The fourth-order valence-corrected chi connectivity index (χ4v) is 5.64. The number of nitrogens with zero attached hydrogens (tertiary/aromatic N) is 5. The number of anilines is 1. The number of likely N-dealkylation sites (tertiary alicyclic amines) is 1. The zero-order valence-electron chi connectivity index (χ0n) is 18.8. The normalized spacial score (nSPS) is 18.5. The van der Waals surface area contributed by atoms with E-state index in [1.807, 2.05) is 11.8 Å². The van der Waals surface area contributed by atoms with E-state index in [4.69, 9.17) is 9.97 Å². The second kappa shape index (κ2) is 8.98. The van der Waals surface area contributed by atoms with Crippen LogP contribution in [0, 0.1) is 13.8 Å². The maximum absolute atomic E-state index is 13.1. The van der Waals surface area contributed by atoms with Gasteiger partial charge >= 0.3 is 0 Å². The summed E-state index contributed by atoms with van der Waals surface area (Å²) >= 11 is 1.43. The van der Waals surface area contributed by atoms with Crippen molar-refractivity contribution in [1.29, 1.82) is 0 Å². The highest BCUT2D eigenvalue weighted by molar-refractivity contribution is 7.11. The monoisotopic (exact) mass is 447 g/mol. The predicted molar refractivity (Wildman–Crippen MR) is 127 cm³/mol. The Hall–Kier alpha value is -2.80. The van der Waals surface area contributed by atoms with Crippen molar-refractivity contribution < 1.29 is 4.79 Å². The van der Waals surface area contributed by atoms with Crippen LogP contribution in [0.4, 0.5) is 5.82 Å². The van der Waals surface area contributed by atoms with Crippen LogP contribution in [0.3, 0.4) is 0 Å². The first-order valence-electron chi connectivity index (χ1n) is 11.5. The molecular formula is C25H29N5OS. The Morgan fingerprint density at radius 3 is 2.72 bits per heavy atom. The maximum atomic E-state index is 13.1. The van der Waals surface area contributed by atoms with Gasteiger partial charge in [-0.25, -0.2) is 15.0 Å². The second-order valence-corrected chi connectivity index (χ2v) is 9.69. The molecule has 32 heavy (non-hydrogen) atoms. The first kappa shape index (κ1) is 21.1. The highest BCUT2D eigenvalue weighted by atomic mass is 32.1. The Morgan fingerprint density at radius 1 is 1.09 bits per heavy atom. The molecule has 0 radical (unpaired) electrons. The van der Waals surface area contributed by atoms with Gasteiger partial charge < -0.3 is 9.80 Å². The van der Waals surface area contributed by atoms with Gasteiger partial charge in [0, 0.05) is 43.4 Å². The molecule has 1 saturated heterocycles. The molecule has 1 fully saturated rings. The van der Waals surface area contributed by atoms with Crippen molar-refractivity contribution in [3.63, 3.8) is 0 Å².